The van der Waals surface area contributed by atoms with Crippen LogP contribution in [0.5, 0.6) is 0 Å². The van der Waals surface area contributed by atoms with Gasteiger partial charge in [-0.2, -0.15) is 0 Å². The third-order valence-corrected chi connectivity index (χ3v) is 13.9. The highest BCUT2D eigenvalue weighted by Crippen LogP contribution is 2.56. The van der Waals surface area contributed by atoms with E-state index >= 15 is 0 Å². The Kier molecular flexibility index (Phi) is 7.68. The quantitative estimate of drug-likeness (QED) is 0.176. The first-order valence-corrected chi connectivity index (χ1v) is 22.0. The maximum atomic E-state index is 2.50. The van der Waals surface area contributed by atoms with E-state index in [1.807, 2.05) is 0 Å². The van der Waals surface area contributed by atoms with Crippen LogP contribution in [0, 0.1) is 0 Å². The van der Waals surface area contributed by atoms with E-state index in [-0.39, 0.29) is 5.41 Å². The Balaban J connectivity index is 1.01. The average Bonchev–Trinajstić information content (AvgIpc) is 3.42. The summed E-state index contributed by atoms with van der Waals surface area (Å²) in [5.74, 6) is 0. The molecule has 2 aliphatic heterocycles. The largest absolute Gasteiger partial charge is 0.309 e. The topological polar surface area (TPSA) is 6.48 Å². The molecule has 2 heterocycles. The summed E-state index contributed by atoms with van der Waals surface area (Å²) in [6, 6.07) is 81.3. The molecule has 63 heavy (non-hydrogen) atoms. The van der Waals surface area contributed by atoms with Crippen LogP contribution in [0.3, 0.4) is 0 Å². The second-order valence-corrected chi connectivity index (χ2v) is 17.7. The molecular weight excluding hydrogens is 761 g/mol. The molecule has 0 spiro atoms. The van der Waals surface area contributed by atoms with Crippen molar-refractivity contribution in [1.29, 1.82) is 0 Å². The Morgan fingerprint density at radius 3 is 1.27 bits per heavy atom. The molecule has 0 aromatic heterocycles. The molecule has 0 amide bonds. The highest BCUT2D eigenvalue weighted by Gasteiger charge is 2.36. The number of hydrogen-bond acceptors (Lipinski definition) is 2. The maximum absolute atomic E-state index is 2.50. The van der Waals surface area contributed by atoms with Crippen LogP contribution in [0.2, 0.25) is 0 Å². The van der Waals surface area contributed by atoms with Crippen molar-refractivity contribution in [1.82, 2.24) is 0 Å². The maximum Gasteiger partial charge on any atom is 0.0540 e. The third-order valence-electron chi connectivity index (χ3n) is 13.9. The predicted octanol–water partition coefficient (Wildman–Crippen LogP) is 17.0. The van der Waals surface area contributed by atoms with Gasteiger partial charge in [-0.25, -0.2) is 0 Å². The SMILES string of the molecule is CC1(C)c2ccccc2-c2ccc(N3c4ccccc4-c4ccccc4-c4cc(-c5ccc6c(c5)-c5ccccc5-c5ccccc5N6c5ccc6ccccc6c5)ccc43)cc21. The highest BCUT2D eigenvalue weighted by molar-refractivity contribution is 6.06. The number of nitrogens with zero attached hydrogens (tertiary/aromatic N) is 2. The molecule has 296 valence electrons. The molecule has 10 aromatic rings. The Labute approximate surface area is 368 Å². The Hall–Kier alpha value is -7.94. The molecule has 0 fully saturated rings. The third kappa shape index (κ3) is 5.31. The zero-order valence-electron chi connectivity index (χ0n) is 35.2. The number of fused-ring (bicyclic) bond motifs is 14. The minimum absolute atomic E-state index is 0.113. The first kappa shape index (κ1) is 35.8. The van der Waals surface area contributed by atoms with Gasteiger partial charge < -0.3 is 9.80 Å². The van der Waals surface area contributed by atoms with Crippen LogP contribution < -0.4 is 9.80 Å². The second-order valence-electron chi connectivity index (χ2n) is 17.7. The van der Waals surface area contributed by atoms with Gasteiger partial charge in [-0.3, -0.25) is 0 Å². The summed E-state index contributed by atoms with van der Waals surface area (Å²) in [5.41, 5.74) is 24.5. The summed E-state index contributed by atoms with van der Waals surface area (Å²) >= 11 is 0. The van der Waals surface area contributed by atoms with Crippen LogP contribution in [0.1, 0.15) is 25.0 Å². The second kappa shape index (κ2) is 13.5. The van der Waals surface area contributed by atoms with E-state index in [0.29, 0.717) is 0 Å². The van der Waals surface area contributed by atoms with Gasteiger partial charge in [0.1, 0.15) is 0 Å². The van der Waals surface area contributed by atoms with Gasteiger partial charge in [-0.05, 0) is 127 Å². The van der Waals surface area contributed by atoms with E-state index in [9.17, 15) is 0 Å². The molecule has 10 aromatic carbocycles. The monoisotopic (exact) mass is 802 g/mol. The lowest BCUT2D eigenvalue weighted by atomic mass is 9.82. The number of rotatable bonds is 3. The average molecular weight is 803 g/mol. The molecule has 0 atom stereocenters. The molecule has 0 unspecified atom stereocenters. The van der Waals surface area contributed by atoms with Crippen LogP contribution >= 0.6 is 0 Å². The van der Waals surface area contributed by atoms with Crippen molar-refractivity contribution in [3.63, 3.8) is 0 Å². The van der Waals surface area contributed by atoms with E-state index < -0.39 is 0 Å². The first-order valence-electron chi connectivity index (χ1n) is 22.0. The van der Waals surface area contributed by atoms with Gasteiger partial charge in [0.15, 0.2) is 0 Å². The van der Waals surface area contributed by atoms with Gasteiger partial charge in [0.05, 0.1) is 22.7 Å². The molecule has 2 nitrogen and oxygen atoms in total. The zero-order valence-corrected chi connectivity index (χ0v) is 35.2. The fourth-order valence-corrected chi connectivity index (χ4v) is 10.9. The van der Waals surface area contributed by atoms with Crippen LogP contribution in [0.15, 0.2) is 218 Å². The van der Waals surface area contributed by atoms with E-state index in [1.165, 1.54) is 111 Å². The predicted molar refractivity (Wildman–Crippen MR) is 265 cm³/mol. The lowest BCUT2D eigenvalue weighted by Gasteiger charge is -2.29. The van der Waals surface area contributed by atoms with Crippen LogP contribution in [0.25, 0.3) is 77.5 Å². The van der Waals surface area contributed by atoms with Crippen molar-refractivity contribution in [2.75, 3.05) is 9.80 Å². The number of benzene rings is 10. The minimum Gasteiger partial charge on any atom is -0.309 e. The summed E-state index contributed by atoms with van der Waals surface area (Å²) in [6.07, 6.45) is 0. The van der Waals surface area contributed by atoms with Gasteiger partial charge in [0.25, 0.3) is 0 Å². The molecule has 0 saturated heterocycles. The van der Waals surface area contributed by atoms with Crippen LogP contribution in [-0.4, -0.2) is 0 Å². The van der Waals surface area contributed by atoms with Crippen molar-refractivity contribution in [2.24, 2.45) is 0 Å². The fourth-order valence-electron chi connectivity index (χ4n) is 10.9. The summed E-state index contributed by atoms with van der Waals surface area (Å²) in [4.78, 5) is 4.96. The molecular formula is C61H42N2. The molecule has 13 rings (SSSR count). The molecule has 0 bridgehead atoms. The lowest BCUT2D eigenvalue weighted by Crippen LogP contribution is -2.16. The van der Waals surface area contributed by atoms with Crippen molar-refractivity contribution < 1.29 is 0 Å². The number of para-hydroxylation sites is 2. The first-order chi connectivity index (χ1) is 31.0. The highest BCUT2D eigenvalue weighted by atomic mass is 15.2. The van der Waals surface area contributed by atoms with E-state index in [2.05, 4.69) is 242 Å². The standard InChI is InChI=1S/C61H42N2/c1-61(2)55-24-12-9-21-49(55)50-32-31-44(38-56(50)61)63-58-26-14-11-23-52(58)46-18-6-8-20-48(46)54-37-42(29-34-60(54)63)41-28-33-59-53(36-41)47-19-7-5-17-45(47)51-22-10-13-25-57(51)62(59)43-30-27-39-15-3-4-16-40(39)35-43/h3-38H,1-2H3. The van der Waals surface area contributed by atoms with Crippen LogP contribution in [-0.2, 0) is 5.41 Å². The van der Waals surface area contributed by atoms with Gasteiger partial charge in [-0.15, -0.1) is 0 Å². The molecule has 3 aliphatic rings. The Morgan fingerprint density at radius 2 is 0.683 bits per heavy atom. The number of hydrogen-bond donors (Lipinski definition) is 0. The molecule has 0 radical (unpaired) electrons. The minimum atomic E-state index is -0.113. The van der Waals surface area contributed by atoms with Crippen molar-refractivity contribution in [3.05, 3.63) is 230 Å². The van der Waals surface area contributed by atoms with E-state index in [1.54, 1.807) is 0 Å². The normalized spacial score (nSPS) is 13.6. The van der Waals surface area contributed by atoms with E-state index in [4.69, 9.17) is 0 Å². The summed E-state index contributed by atoms with van der Waals surface area (Å²) < 4.78 is 0. The van der Waals surface area contributed by atoms with Gasteiger partial charge in [0, 0.05) is 39.0 Å². The Bertz CT molecular complexity index is 3520. The number of anilines is 6. The zero-order chi connectivity index (χ0) is 41.8. The lowest BCUT2D eigenvalue weighted by molar-refractivity contribution is 0.660. The Morgan fingerprint density at radius 1 is 0.270 bits per heavy atom. The smallest absolute Gasteiger partial charge is 0.0540 e. The molecule has 0 N–H and O–H groups in total. The summed E-state index contributed by atoms with van der Waals surface area (Å²) in [7, 11) is 0. The van der Waals surface area contributed by atoms with Crippen molar-refractivity contribution in [3.8, 4) is 66.8 Å². The van der Waals surface area contributed by atoms with E-state index in [0.717, 1.165) is 11.4 Å². The van der Waals surface area contributed by atoms with Gasteiger partial charge >= 0.3 is 0 Å². The fraction of sp³-hybridized carbons (Fsp3) is 0.0492. The van der Waals surface area contributed by atoms with Crippen molar-refractivity contribution in [2.45, 2.75) is 19.3 Å². The van der Waals surface area contributed by atoms with Gasteiger partial charge in [-0.1, -0.05) is 172 Å². The molecule has 2 heteroatoms. The summed E-state index contributed by atoms with van der Waals surface area (Å²) in [5, 5.41) is 2.46. The van der Waals surface area contributed by atoms with Crippen LogP contribution in [0.4, 0.5) is 34.1 Å². The summed E-state index contributed by atoms with van der Waals surface area (Å²) in [6.45, 7) is 4.74. The van der Waals surface area contributed by atoms with Crippen molar-refractivity contribution >= 4 is 44.9 Å². The van der Waals surface area contributed by atoms with Gasteiger partial charge in [0.2, 0.25) is 0 Å². The molecule has 1 aliphatic carbocycles. The molecule has 0 saturated carbocycles.